The molecule has 6 heteroatoms. The minimum Gasteiger partial charge on any atom is -0.418 e. The number of rotatable bonds is 1. The predicted molar refractivity (Wildman–Crippen MR) is 36.3 cm³/mol. The molecule has 0 N–H and O–H groups in total. The van der Waals surface area contributed by atoms with Crippen molar-refractivity contribution in [1.82, 2.24) is 4.98 Å². The van der Waals surface area contributed by atoms with Crippen LogP contribution in [0.5, 0.6) is 0 Å². The van der Waals surface area contributed by atoms with Crippen molar-refractivity contribution < 1.29 is 38.0 Å². The maximum atomic E-state index is 10.2. The van der Waals surface area contributed by atoms with Crippen LogP contribution in [-0.2, 0) is 19.1 Å². The summed E-state index contributed by atoms with van der Waals surface area (Å²) in [7, 11) is -2.26. The van der Waals surface area contributed by atoms with Crippen LogP contribution in [0.3, 0.4) is 0 Å². The molecule has 0 bridgehead atoms. The van der Waals surface area contributed by atoms with Crippen molar-refractivity contribution in [3.63, 3.8) is 0 Å². The molecule has 1 heterocycles. The van der Waals surface area contributed by atoms with Crippen LogP contribution in [0.4, 0.5) is 0 Å². The van der Waals surface area contributed by atoms with Gasteiger partial charge < -0.3 is 8.42 Å². The molecule has 0 atom stereocenters. The fraction of sp³-hybridized carbons (Fsp3) is 0. The number of aromatic nitrogens is 1. The van der Waals surface area contributed by atoms with Gasteiger partial charge in [0.25, 0.3) is 0 Å². The van der Waals surface area contributed by atoms with Crippen molar-refractivity contribution in [3.05, 3.63) is 23.4 Å². The molecule has 11 heavy (non-hydrogen) atoms. The third kappa shape index (κ3) is 3.53. The minimum absolute atomic E-state index is 0. The van der Waals surface area contributed by atoms with E-state index in [0.29, 0.717) is 5.02 Å². The van der Waals surface area contributed by atoms with Crippen LogP contribution in [-0.4, -0.2) is 4.98 Å². The Morgan fingerprint density at radius 3 is 2.36 bits per heavy atom. The van der Waals surface area contributed by atoms with Crippen molar-refractivity contribution >= 4 is 22.3 Å². The maximum Gasteiger partial charge on any atom is 1.00 e. The summed E-state index contributed by atoms with van der Waals surface area (Å²) < 4.78 is 20.4. The van der Waals surface area contributed by atoms with Gasteiger partial charge in [0.05, 0.1) is 5.02 Å². The van der Waals surface area contributed by atoms with Gasteiger partial charge in [-0.25, -0.2) is 0 Å². The van der Waals surface area contributed by atoms with Gasteiger partial charge in [0.1, 0.15) is 0 Å². The molecule has 54 valence electrons. The molecule has 1 aromatic heterocycles. The second-order valence-electron chi connectivity index (χ2n) is 1.55. The van der Waals surface area contributed by atoms with E-state index < -0.39 is 10.7 Å². The van der Waals surface area contributed by atoms with E-state index in [4.69, 9.17) is 11.6 Å². The first-order chi connectivity index (χ1) is 4.70. The fourth-order valence-electron chi connectivity index (χ4n) is 0.461. The Labute approximate surface area is 93.0 Å². The van der Waals surface area contributed by atoms with Crippen molar-refractivity contribution in [2.75, 3.05) is 0 Å². The number of hydrogen-bond acceptors (Lipinski definition) is 4. The third-order valence-electron chi connectivity index (χ3n) is 0.871. The summed E-state index contributed by atoms with van der Waals surface area (Å²) in [6.07, 6.45) is 1.28. The van der Waals surface area contributed by atoms with Crippen LogP contribution in [0.1, 0.15) is 0 Å². The molecule has 0 saturated carbocycles. The Morgan fingerprint density at radius 2 is 2.00 bits per heavy atom. The first-order valence-electron chi connectivity index (χ1n) is 2.41. The van der Waals surface area contributed by atoms with Gasteiger partial charge in [-0.1, -0.05) is 17.7 Å². The van der Waals surface area contributed by atoms with Gasteiger partial charge in [0.15, 0.2) is 0 Å². The smallest absolute Gasteiger partial charge is 0.418 e. The Balaban J connectivity index is 0.000001000. The topological polar surface area (TPSA) is 47.0 Å². The summed E-state index contributed by atoms with van der Waals surface area (Å²) in [4.78, 5) is 3.53. The second-order valence-corrected chi connectivity index (χ2v) is 2.87. The Morgan fingerprint density at radius 1 is 1.36 bits per heavy atom. The first-order valence-corrected chi connectivity index (χ1v) is 3.86. The van der Waals surface area contributed by atoms with Gasteiger partial charge in [0.2, 0.25) is 0 Å². The number of pyridine rings is 1. The first kappa shape index (κ1) is 11.4. The predicted octanol–water partition coefficient (Wildman–Crippen LogP) is -1.59. The molecule has 0 fully saturated rings. The van der Waals surface area contributed by atoms with Crippen molar-refractivity contribution in [2.24, 2.45) is 0 Å². The maximum absolute atomic E-state index is 10.2. The van der Waals surface area contributed by atoms with Crippen LogP contribution in [0.15, 0.2) is 23.4 Å². The molecule has 0 aromatic carbocycles. The minimum atomic E-state index is -2.26. The molecular weight excluding hydrogens is 197 g/mol. The number of halogens is 1. The number of hydrogen-bond donors (Lipinski definition) is 0. The van der Waals surface area contributed by atoms with Gasteiger partial charge in [-0.2, -0.15) is 0 Å². The molecule has 0 aliphatic carbocycles. The van der Waals surface area contributed by atoms with Gasteiger partial charge in [-0.3, -0.25) is 4.98 Å². The number of nitrogens with zero attached hydrogens (tertiary/aromatic N) is 1. The van der Waals surface area contributed by atoms with Crippen molar-refractivity contribution in [3.8, 4) is 0 Å². The molecule has 0 unspecified atom stereocenters. The zero-order valence-electron chi connectivity index (χ0n) is 5.78. The summed E-state index contributed by atoms with van der Waals surface area (Å²) in [6.45, 7) is 0. The molecular formula is C5H3ClNNaO2S. The summed E-state index contributed by atoms with van der Waals surface area (Å²) in [5.74, 6) is 0. The summed E-state index contributed by atoms with van der Waals surface area (Å²) >= 11 is 5.45. The molecule has 1 rings (SSSR count). The average Bonchev–Trinajstić information content (AvgIpc) is 1.88. The van der Waals surface area contributed by atoms with E-state index in [2.05, 4.69) is 4.98 Å². The Kier molecular flexibility index (Phi) is 5.29. The van der Waals surface area contributed by atoms with Gasteiger partial charge >= 0.3 is 29.6 Å². The molecule has 0 aliphatic heterocycles. The Hall–Kier alpha value is 0.390. The largest absolute Gasteiger partial charge is 1.00 e. The zero-order valence-corrected chi connectivity index (χ0v) is 9.35. The third-order valence-corrected chi connectivity index (χ3v) is 1.68. The fourth-order valence-corrected chi connectivity index (χ4v) is 0.891. The second kappa shape index (κ2) is 5.11. The molecule has 1 aromatic rings. The van der Waals surface area contributed by atoms with Crippen LogP contribution < -0.4 is 29.6 Å². The van der Waals surface area contributed by atoms with Crippen LogP contribution >= 0.6 is 11.6 Å². The Bertz CT molecular complexity index is 290. The van der Waals surface area contributed by atoms with Crippen molar-refractivity contribution in [2.45, 2.75) is 5.03 Å². The van der Waals surface area contributed by atoms with E-state index in [1.807, 2.05) is 0 Å². The van der Waals surface area contributed by atoms with E-state index in [0.717, 1.165) is 0 Å². The molecule has 0 spiro atoms. The van der Waals surface area contributed by atoms with E-state index in [-0.39, 0.29) is 34.6 Å². The van der Waals surface area contributed by atoms with E-state index in [9.17, 15) is 8.42 Å². The van der Waals surface area contributed by atoms with E-state index in [1.54, 1.807) is 0 Å². The zero-order chi connectivity index (χ0) is 7.56. The quantitative estimate of drug-likeness (QED) is 0.405. The average molecular weight is 200 g/mol. The molecule has 0 aliphatic rings. The van der Waals surface area contributed by atoms with Gasteiger partial charge in [-0.15, -0.1) is 0 Å². The van der Waals surface area contributed by atoms with Crippen LogP contribution in [0.2, 0.25) is 5.02 Å². The molecule has 0 radical (unpaired) electrons. The van der Waals surface area contributed by atoms with Gasteiger partial charge in [0, 0.05) is 11.2 Å². The molecule has 0 amide bonds. The van der Waals surface area contributed by atoms with E-state index in [1.165, 1.54) is 18.3 Å². The van der Waals surface area contributed by atoms with Crippen molar-refractivity contribution in [1.29, 1.82) is 0 Å². The summed E-state index contributed by atoms with van der Waals surface area (Å²) in [6, 6.07) is 2.81. The SMILES string of the molecule is O=[S-](=O)c1ccc(Cl)cn1.[Na+]. The summed E-state index contributed by atoms with van der Waals surface area (Å²) in [5, 5.41) is 0.429. The van der Waals surface area contributed by atoms with E-state index >= 15 is 0 Å². The monoisotopic (exact) mass is 199 g/mol. The summed E-state index contributed by atoms with van der Waals surface area (Å²) in [5.41, 5.74) is 0. The molecule has 3 nitrogen and oxygen atoms in total. The van der Waals surface area contributed by atoms with Crippen LogP contribution in [0.25, 0.3) is 0 Å². The van der Waals surface area contributed by atoms with Gasteiger partial charge in [-0.05, 0) is 16.8 Å². The molecule has 0 saturated heterocycles. The normalized spacial score (nSPS) is 9.27. The van der Waals surface area contributed by atoms with Crippen LogP contribution in [0, 0.1) is 0 Å². The standard InChI is InChI=1S/C5H3ClNO2S.Na/c6-4-1-2-5(7-3-4)10(8)9;/h1-3H;/q-1;+1.